The van der Waals surface area contributed by atoms with Crippen LogP contribution in [0.15, 0.2) is 78.9 Å². The number of rotatable bonds is 6. The average molecular weight is 388 g/mol. The second-order valence-electron chi connectivity index (χ2n) is 6.22. The maximum Gasteiger partial charge on any atom is 0.349 e. The van der Waals surface area contributed by atoms with Gasteiger partial charge in [-0.1, -0.05) is 66.7 Å². The van der Waals surface area contributed by atoms with E-state index < -0.39 is 5.97 Å². The number of thiophene rings is 1. The van der Waals surface area contributed by atoms with Gasteiger partial charge in [-0.15, -0.1) is 11.3 Å². The van der Waals surface area contributed by atoms with Crippen molar-refractivity contribution in [3.8, 4) is 16.9 Å². The van der Waals surface area contributed by atoms with Gasteiger partial charge < -0.3 is 9.84 Å². The lowest BCUT2D eigenvalue weighted by Crippen LogP contribution is -2.12. The summed E-state index contributed by atoms with van der Waals surface area (Å²) in [6.45, 7) is -0.217. The third-order valence-electron chi connectivity index (χ3n) is 4.41. The average Bonchev–Trinajstić information content (AvgIpc) is 3.12. The van der Waals surface area contributed by atoms with Crippen molar-refractivity contribution in [2.75, 3.05) is 6.61 Å². The SMILES string of the molecule is O=C(COc1c(C(=O)O)sc2ccccc12)c1ccc(-c2ccccc2)cc1. The van der Waals surface area contributed by atoms with E-state index in [0.717, 1.165) is 27.2 Å². The van der Waals surface area contributed by atoms with E-state index in [9.17, 15) is 14.7 Å². The predicted octanol–water partition coefficient (Wildman–Crippen LogP) is 5.53. The Morgan fingerprint density at radius 2 is 1.46 bits per heavy atom. The number of fused-ring (bicyclic) bond motifs is 1. The number of aromatic carboxylic acids is 1. The zero-order valence-electron chi connectivity index (χ0n) is 14.8. The summed E-state index contributed by atoms with van der Waals surface area (Å²) < 4.78 is 6.48. The molecule has 4 nitrogen and oxygen atoms in total. The highest BCUT2D eigenvalue weighted by molar-refractivity contribution is 7.21. The van der Waals surface area contributed by atoms with Gasteiger partial charge in [0.1, 0.15) is 0 Å². The van der Waals surface area contributed by atoms with Gasteiger partial charge in [0.2, 0.25) is 0 Å². The molecule has 0 unspecified atom stereocenters. The van der Waals surface area contributed by atoms with E-state index >= 15 is 0 Å². The summed E-state index contributed by atoms with van der Waals surface area (Å²) in [6.07, 6.45) is 0. The highest BCUT2D eigenvalue weighted by atomic mass is 32.1. The van der Waals surface area contributed by atoms with Crippen LogP contribution in [-0.2, 0) is 0 Å². The van der Waals surface area contributed by atoms with E-state index in [2.05, 4.69) is 0 Å². The second kappa shape index (κ2) is 7.66. The van der Waals surface area contributed by atoms with Crippen LogP contribution in [0.2, 0.25) is 0 Å². The van der Waals surface area contributed by atoms with Crippen molar-refractivity contribution in [1.29, 1.82) is 0 Å². The monoisotopic (exact) mass is 388 g/mol. The molecule has 4 aromatic rings. The van der Waals surface area contributed by atoms with Crippen LogP contribution in [0.4, 0.5) is 0 Å². The molecule has 0 saturated heterocycles. The minimum absolute atomic E-state index is 0.105. The van der Waals surface area contributed by atoms with E-state index in [0.29, 0.717) is 10.9 Å². The first-order chi connectivity index (χ1) is 13.6. The maximum atomic E-state index is 12.5. The van der Waals surface area contributed by atoms with Crippen LogP contribution in [0.25, 0.3) is 21.2 Å². The van der Waals surface area contributed by atoms with Gasteiger partial charge in [0.05, 0.1) is 0 Å². The van der Waals surface area contributed by atoms with Gasteiger partial charge in [0.15, 0.2) is 23.0 Å². The molecule has 0 aliphatic rings. The van der Waals surface area contributed by atoms with E-state index in [1.54, 1.807) is 18.2 Å². The first-order valence-electron chi connectivity index (χ1n) is 8.70. The van der Waals surface area contributed by atoms with Crippen LogP contribution in [0.5, 0.6) is 5.75 Å². The first kappa shape index (κ1) is 17.9. The molecule has 0 radical (unpaired) electrons. The van der Waals surface area contributed by atoms with Crippen molar-refractivity contribution < 1.29 is 19.4 Å². The lowest BCUT2D eigenvalue weighted by Gasteiger charge is -2.07. The fourth-order valence-electron chi connectivity index (χ4n) is 3.01. The Kier molecular flexibility index (Phi) is 4.91. The summed E-state index contributed by atoms with van der Waals surface area (Å²) in [5, 5.41) is 10.1. The van der Waals surface area contributed by atoms with E-state index in [1.807, 2.05) is 60.7 Å². The van der Waals surface area contributed by atoms with Crippen LogP contribution in [0.1, 0.15) is 20.0 Å². The molecule has 0 saturated carbocycles. The van der Waals surface area contributed by atoms with Crippen LogP contribution in [-0.4, -0.2) is 23.5 Å². The number of benzene rings is 3. The summed E-state index contributed by atoms with van der Waals surface area (Å²) in [4.78, 5) is 24.2. The zero-order valence-corrected chi connectivity index (χ0v) is 15.6. The highest BCUT2D eigenvalue weighted by Gasteiger charge is 2.20. The molecule has 0 atom stereocenters. The van der Waals surface area contributed by atoms with Crippen molar-refractivity contribution in [1.82, 2.24) is 0 Å². The number of ether oxygens (including phenoxy) is 1. The standard InChI is InChI=1S/C23H16O4S/c24-19(17-12-10-16(11-13-17)15-6-2-1-3-7-15)14-27-21-18-8-4-5-9-20(18)28-22(21)23(25)26/h1-13H,14H2,(H,25,26). The number of Topliss-reactive ketones (excluding diaryl/α,β-unsaturated/α-hetero) is 1. The molecule has 3 aromatic carbocycles. The summed E-state index contributed by atoms with van der Waals surface area (Å²) in [5.74, 6) is -1.01. The van der Waals surface area contributed by atoms with Gasteiger partial charge in [0, 0.05) is 15.6 Å². The number of carbonyl (C=O) groups excluding carboxylic acids is 1. The fraction of sp³-hybridized carbons (Fsp3) is 0.0435. The van der Waals surface area contributed by atoms with Crippen molar-refractivity contribution >= 4 is 33.2 Å². The molecule has 4 rings (SSSR count). The number of hydrogen-bond acceptors (Lipinski definition) is 4. The van der Waals surface area contributed by atoms with Gasteiger partial charge in [0.25, 0.3) is 0 Å². The third kappa shape index (κ3) is 3.52. The number of hydrogen-bond donors (Lipinski definition) is 1. The third-order valence-corrected chi connectivity index (χ3v) is 5.55. The second-order valence-corrected chi connectivity index (χ2v) is 7.27. The van der Waals surface area contributed by atoms with E-state index in [1.165, 1.54) is 0 Å². The van der Waals surface area contributed by atoms with Gasteiger partial charge >= 0.3 is 5.97 Å². The lowest BCUT2D eigenvalue weighted by molar-refractivity contribution is 0.0695. The van der Waals surface area contributed by atoms with Gasteiger partial charge in [-0.05, 0) is 23.3 Å². The Bertz CT molecular complexity index is 1140. The molecule has 28 heavy (non-hydrogen) atoms. The number of carboxylic acids is 1. The van der Waals surface area contributed by atoms with Crippen molar-refractivity contribution in [2.45, 2.75) is 0 Å². The van der Waals surface area contributed by atoms with Crippen LogP contribution < -0.4 is 4.74 Å². The molecule has 5 heteroatoms. The highest BCUT2D eigenvalue weighted by Crippen LogP contribution is 2.37. The topological polar surface area (TPSA) is 63.6 Å². The maximum absolute atomic E-state index is 12.5. The number of carbonyl (C=O) groups is 2. The number of ketones is 1. The van der Waals surface area contributed by atoms with Gasteiger partial charge in [-0.2, -0.15) is 0 Å². The molecule has 0 spiro atoms. The molecular weight excluding hydrogens is 372 g/mol. The molecule has 0 aliphatic carbocycles. The molecule has 0 fully saturated rings. The summed E-state index contributed by atoms with van der Waals surface area (Å²) >= 11 is 1.14. The van der Waals surface area contributed by atoms with Gasteiger partial charge in [-0.25, -0.2) is 4.79 Å². The summed E-state index contributed by atoms with van der Waals surface area (Å²) in [6, 6.07) is 24.5. The summed E-state index contributed by atoms with van der Waals surface area (Å²) in [7, 11) is 0. The lowest BCUT2D eigenvalue weighted by atomic mass is 10.0. The smallest absolute Gasteiger partial charge is 0.349 e. The van der Waals surface area contributed by atoms with Crippen molar-refractivity contribution in [2.24, 2.45) is 0 Å². The minimum Gasteiger partial charge on any atom is -0.483 e. The Morgan fingerprint density at radius 3 is 2.18 bits per heavy atom. The molecule has 1 aromatic heterocycles. The Labute approximate surface area is 165 Å². The quantitative estimate of drug-likeness (QED) is 0.441. The van der Waals surface area contributed by atoms with Crippen molar-refractivity contribution in [3.63, 3.8) is 0 Å². The molecule has 0 bridgehead atoms. The largest absolute Gasteiger partial charge is 0.483 e. The molecular formula is C23H16O4S. The Hall–Kier alpha value is -3.44. The molecule has 1 N–H and O–H groups in total. The zero-order chi connectivity index (χ0) is 19.5. The van der Waals surface area contributed by atoms with Crippen LogP contribution in [0.3, 0.4) is 0 Å². The fourth-order valence-corrected chi connectivity index (χ4v) is 3.99. The predicted molar refractivity (Wildman–Crippen MR) is 110 cm³/mol. The van der Waals surface area contributed by atoms with E-state index in [4.69, 9.17) is 4.74 Å². The Balaban J connectivity index is 1.53. The number of carboxylic acid groups (broad SMARTS) is 1. The van der Waals surface area contributed by atoms with E-state index in [-0.39, 0.29) is 23.0 Å². The minimum atomic E-state index is -1.06. The van der Waals surface area contributed by atoms with Crippen LogP contribution in [0, 0.1) is 0 Å². The normalized spacial score (nSPS) is 10.7. The molecule has 138 valence electrons. The molecule has 0 aliphatic heterocycles. The van der Waals surface area contributed by atoms with Gasteiger partial charge in [-0.3, -0.25) is 4.79 Å². The molecule has 0 amide bonds. The summed E-state index contributed by atoms with van der Waals surface area (Å²) in [5.41, 5.74) is 2.62. The first-order valence-corrected chi connectivity index (χ1v) is 9.51. The van der Waals surface area contributed by atoms with Crippen molar-refractivity contribution in [3.05, 3.63) is 89.3 Å². The van der Waals surface area contributed by atoms with Crippen LogP contribution >= 0.6 is 11.3 Å². The Morgan fingerprint density at radius 1 is 0.821 bits per heavy atom. The molecule has 1 heterocycles.